The first-order valence-electron chi connectivity index (χ1n) is 8.03. The van der Waals surface area contributed by atoms with Crippen LogP contribution in [0.2, 0.25) is 0 Å². The van der Waals surface area contributed by atoms with Crippen LogP contribution in [0.15, 0.2) is 54.6 Å². The van der Waals surface area contributed by atoms with Crippen LogP contribution >= 0.6 is 0 Å². The zero-order chi connectivity index (χ0) is 18.5. The number of phenols is 1. The molecule has 1 amide bonds. The number of nitrogens with one attached hydrogen (secondary N) is 1. The number of carbonyl (C=O) groups is 1. The van der Waals surface area contributed by atoms with Crippen LogP contribution in [0, 0.1) is 5.82 Å². The zero-order valence-electron chi connectivity index (χ0n) is 14.2. The number of phenolic OH excluding ortho intramolecular Hbond substituents is 1. The number of ether oxygens (including phenoxy) is 2. The van der Waals surface area contributed by atoms with Crippen molar-refractivity contribution in [1.29, 1.82) is 0 Å². The summed E-state index contributed by atoms with van der Waals surface area (Å²) in [5, 5.41) is 14.3. The van der Waals surface area contributed by atoms with Crippen molar-refractivity contribution in [2.45, 2.75) is 0 Å². The Morgan fingerprint density at radius 1 is 1.08 bits per heavy atom. The van der Waals surface area contributed by atoms with Gasteiger partial charge in [-0.15, -0.1) is 0 Å². The predicted molar refractivity (Wildman–Crippen MR) is 97.3 cm³/mol. The van der Waals surface area contributed by atoms with Crippen LogP contribution in [0.25, 0.3) is 10.8 Å². The summed E-state index contributed by atoms with van der Waals surface area (Å²) in [5.41, 5.74) is 0.378. The SMILES string of the molecule is COCCOc1ccc(NC(=O)c2cc3ccccc3cc2O)cc1F. The molecule has 3 aromatic carbocycles. The fourth-order valence-electron chi connectivity index (χ4n) is 2.54. The lowest BCUT2D eigenvalue weighted by Crippen LogP contribution is -2.12. The third-order valence-electron chi connectivity index (χ3n) is 3.84. The van der Waals surface area contributed by atoms with Crippen molar-refractivity contribution in [1.82, 2.24) is 0 Å². The normalized spacial score (nSPS) is 10.7. The van der Waals surface area contributed by atoms with Crippen molar-refractivity contribution >= 4 is 22.4 Å². The topological polar surface area (TPSA) is 67.8 Å². The maximum Gasteiger partial charge on any atom is 0.259 e. The minimum atomic E-state index is -0.596. The summed E-state index contributed by atoms with van der Waals surface area (Å²) in [5.74, 6) is -1.18. The van der Waals surface area contributed by atoms with Gasteiger partial charge in [-0.25, -0.2) is 4.39 Å². The van der Waals surface area contributed by atoms with E-state index in [1.165, 1.54) is 25.3 Å². The Hall–Kier alpha value is -3.12. The number of aromatic hydroxyl groups is 1. The molecule has 0 aliphatic rings. The number of hydrogen-bond donors (Lipinski definition) is 2. The molecule has 0 atom stereocenters. The van der Waals surface area contributed by atoms with Crippen LogP contribution in [0.3, 0.4) is 0 Å². The molecule has 2 N–H and O–H groups in total. The van der Waals surface area contributed by atoms with Crippen LogP contribution in [0.4, 0.5) is 10.1 Å². The van der Waals surface area contributed by atoms with E-state index < -0.39 is 11.7 Å². The highest BCUT2D eigenvalue weighted by atomic mass is 19.1. The van der Waals surface area contributed by atoms with Crippen LogP contribution in [-0.2, 0) is 4.74 Å². The molecule has 6 heteroatoms. The van der Waals surface area contributed by atoms with Crippen molar-refractivity contribution in [3.8, 4) is 11.5 Å². The Morgan fingerprint density at radius 3 is 2.50 bits per heavy atom. The minimum Gasteiger partial charge on any atom is -0.507 e. The molecule has 0 fully saturated rings. The Bertz CT molecular complexity index is 942. The summed E-state index contributed by atoms with van der Waals surface area (Å²) in [6.07, 6.45) is 0. The Morgan fingerprint density at radius 2 is 1.81 bits per heavy atom. The number of amides is 1. The van der Waals surface area contributed by atoms with Gasteiger partial charge in [0.1, 0.15) is 12.4 Å². The van der Waals surface area contributed by atoms with Crippen molar-refractivity contribution in [3.05, 3.63) is 66.0 Å². The fourth-order valence-corrected chi connectivity index (χ4v) is 2.54. The van der Waals surface area contributed by atoms with Gasteiger partial charge in [-0.2, -0.15) is 0 Å². The monoisotopic (exact) mass is 355 g/mol. The lowest BCUT2D eigenvalue weighted by Gasteiger charge is -2.11. The van der Waals surface area contributed by atoms with Crippen molar-refractivity contribution in [2.24, 2.45) is 0 Å². The zero-order valence-corrected chi connectivity index (χ0v) is 14.2. The summed E-state index contributed by atoms with van der Waals surface area (Å²) in [6.45, 7) is 0.573. The van der Waals surface area contributed by atoms with Gasteiger partial charge in [0.05, 0.1) is 12.2 Å². The molecule has 3 rings (SSSR count). The van der Waals surface area contributed by atoms with E-state index in [1.807, 2.05) is 24.3 Å². The number of rotatable bonds is 6. The highest BCUT2D eigenvalue weighted by Gasteiger charge is 2.14. The van der Waals surface area contributed by atoms with Gasteiger partial charge in [0.2, 0.25) is 0 Å². The molecule has 0 heterocycles. The van der Waals surface area contributed by atoms with Gasteiger partial charge in [0, 0.05) is 18.9 Å². The first-order valence-corrected chi connectivity index (χ1v) is 8.03. The molecule has 0 unspecified atom stereocenters. The third kappa shape index (κ3) is 3.92. The third-order valence-corrected chi connectivity index (χ3v) is 3.84. The molecule has 5 nitrogen and oxygen atoms in total. The maximum absolute atomic E-state index is 14.1. The number of methoxy groups -OCH3 is 1. The fraction of sp³-hybridized carbons (Fsp3) is 0.150. The summed E-state index contributed by atoms with van der Waals surface area (Å²) in [4.78, 5) is 12.4. The van der Waals surface area contributed by atoms with Crippen LogP contribution < -0.4 is 10.1 Å². The molecule has 3 aromatic rings. The summed E-state index contributed by atoms with van der Waals surface area (Å²) < 4.78 is 24.1. The number of carbonyl (C=O) groups excluding carboxylic acids is 1. The highest BCUT2D eigenvalue weighted by Crippen LogP contribution is 2.27. The molecule has 26 heavy (non-hydrogen) atoms. The molecule has 0 saturated carbocycles. The number of halogens is 1. The second-order valence-electron chi connectivity index (χ2n) is 5.66. The van der Waals surface area contributed by atoms with Gasteiger partial charge in [0.15, 0.2) is 11.6 Å². The van der Waals surface area contributed by atoms with Gasteiger partial charge in [-0.1, -0.05) is 24.3 Å². The molecule has 0 bridgehead atoms. The number of benzene rings is 3. The van der Waals surface area contributed by atoms with E-state index in [9.17, 15) is 14.3 Å². The van der Waals surface area contributed by atoms with E-state index in [2.05, 4.69) is 5.32 Å². The first kappa shape index (κ1) is 17.7. The summed E-state index contributed by atoms with van der Waals surface area (Å²) in [7, 11) is 1.53. The van der Waals surface area contributed by atoms with Crippen LogP contribution in [0.1, 0.15) is 10.4 Å². The molecule has 0 saturated heterocycles. The van der Waals surface area contributed by atoms with Gasteiger partial charge in [0.25, 0.3) is 5.91 Å². The van der Waals surface area contributed by atoms with Crippen molar-refractivity contribution in [3.63, 3.8) is 0 Å². The first-order chi connectivity index (χ1) is 12.6. The van der Waals surface area contributed by atoms with Gasteiger partial charge in [-0.05, 0) is 35.0 Å². The molecular weight excluding hydrogens is 337 g/mol. The quantitative estimate of drug-likeness (QED) is 0.657. The Labute approximate surface area is 150 Å². The smallest absolute Gasteiger partial charge is 0.259 e. The number of fused-ring (bicyclic) bond motifs is 1. The number of anilines is 1. The minimum absolute atomic E-state index is 0.0774. The van der Waals surface area contributed by atoms with Crippen molar-refractivity contribution in [2.75, 3.05) is 25.6 Å². The van der Waals surface area contributed by atoms with E-state index in [4.69, 9.17) is 9.47 Å². The largest absolute Gasteiger partial charge is 0.507 e. The molecule has 134 valence electrons. The van der Waals surface area contributed by atoms with E-state index >= 15 is 0 Å². The van der Waals surface area contributed by atoms with E-state index in [0.29, 0.717) is 6.61 Å². The van der Waals surface area contributed by atoms with Crippen molar-refractivity contribution < 1.29 is 23.8 Å². The molecular formula is C20H18FNO4. The lowest BCUT2D eigenvalue weighted by atomic mass is 10.1. The number of hydrogen-bond acceptors (Lipinski definition) is 4. The van der Waals surface area contributed by atoms with Crippen LogP contribution in [-0.4, -0.2) is 31.3 Å². The highest BCUT2D eigenvalue weighted by molar-refractivity contribution is 6.08. The van der Waals surface area contributed by atoms with Gasteiger partial charge < -0.3 is 19.9 Å². The van der Waals surface area contributed by atoms with E-state index in [0.717, 1.165) is 16.8 Å². The average Bonchev–Trinajstić information content (AvgIpc) is 2.63. The Balaban J connectivity index is 1.77. The van der Waals surface area contributed by atoms with Gasteiger partial charge in [-0.3, -0.25) is 4.79 Å². The second kappa shape index (κ2) is 7.84. The molecule has 0 aliphatic heterocycles. The summed E-state index contributed by atoms with van der Waals surface area (Å²) in [6, 6.07) is 14.6. The average molecular weight is 355 g/mol. The molecule has 0 aromatic heterocycles. The maximum atomic E-state index is 14.1. The Kier molecular flexibility index (Phi) is 5.34. The predicted octanol–water partition coefficient (Wildman–Crippen LogP) is 3.96. The molecule has 0 radical (unpaired) electrons. The molecule has 0 spiro atoms. The van der Waals surface area contributed by atoms with Crippen LogP contribution in [0.5, 0.6) is 11.5 Å². The standard InChI is InChI=1S/C20H18FNO4/c1-25-8-9-26-19-7-6-15(12-17(19)21)22-20(24)16-10-13-4-2-3-5-14(13)11-18(16)23/h2-7,10-12,23H,8-9H2,1H3,(H,22,24). The van der Waals surface area contributed by atoms with Gasteiger partial charge >= 0.3 is 0 Å². The van der Waals surface area contributed by atoms with E-state index in [1.54, 1.807) is 6.07 Å². The van der Waals surface area contributed by atoms with E-state index in [-0.39, 0.29) is 29.4 Å². The summed E-state index contributed by atoms with van der Waals surface area (Å²) >= 11 is 0. The lowest BCUT2D eigenvalue weighted by molar-refractivity contribution is 0.102. The second-order valence-corrected chi connectivity index (χ2v) is 5.66. The molecule has 0 aliphatic carbocycles.